The average molecular weight is 367 g/mol. The van der Waals surface area contributed by atoms with Gasteiger partial charge in [-0.3, -0.25) is 9.78 Å². The van der Waals surface area contributed by atoms with Crippen molar-refractivity contribution in [3.8, 4) is 0 Å². The van der Waals surface area contributed by atoms with Gasteiger partial charge in [0.05, 0.1) is 29.0 Å². The van der Waals surface area contributed by atoms with Crippen molar-refractivity contribution in [2.75, 3.05) is 0 Å². The summed E-state index contributed by atoms with van der Waals surface area (Å²) in [6, 6.07) is 4.53. The van der Waals surface area contributed by atoms with Crippen LogP contribution in [0.2, 0.25) is 0 Å². The molecule has 0 spiro atoms. The maximum Gasteiger partial charge on any atom is 0.272 e. The van der Waals surface area contributed by atoms with Crippen molar-refractivity contribution in [1.29, 1.82) is 0 Å². The van der Waals surface area contributed by atoms with Crippen molar-refractivity contribution in [3.05, 3.63) is 53.6 Å². The van der Waals surface area contributed by atoms with E-state index < -0.39 is 0 Å². The smallest absolute Gasteiger partial charge is 0.272 e. The summed E-state index contributed by atoms with van der Waals surface area (Å²) in [5, 5.41) is 3.08. The van der Waals surface area contributed by atoms with Crippen LogP contribution in [0.5, 0.6) is 0 Å². The molecule has 1 saturated carbocycles. The molecule has 140 valence electrons. The number of carbonyl (C=O) groups excluding carboxylic acids is 1. The number of halogens is 1. The van der Waals surface area contributed by atoms with Crippen LogP contribution < -0.4 is 5.32 Å². The van der Waals surface area contributed by atoms with Gasteiger partial charge in [0.25, 0.3) is 5.91 Å². The highest BCUT2D eigenvalue weighted by atomic mass is 19.1. The normalized spacial score (nSPS) is 15.3. The van der Waals surface area contributed by atoms with E-state index in [4.69, 9.17) is 0 Å². The number of amides is 1. The number of aryl methyl sites for hydroxylation is 1. The third-order valence-corrected chi connectivity index (χ3v) is 4.87. The number of hydrogen-bond acceptors (Lipinski definition) is 4. The fourth-order valence-corrected chi connectivity index (χ4v) is 3.40. The van der Waals surface area contributed by atoms with Crippen molar-refractivity contribution >= 4 is 16.9 Å². The largest absolute Gasteiger partial charge is 0.340 e. The monoisotopic (exact) mass is 367 g/mol. The third kappa shape index (κ3) is 3.41. The average Bonchev–Trinajstić information content (AvgIpc) is 3.39. The molecule has 0 aliphatic heterocycles. The Morgan fingerprint density at radius 3 is 2.67 bits per heavy atom. The Kier molecular flexibility index (Phi) is 4.37. The fraction of sp³-hybridized carbons (Fsp3) is 0.400. The number of benzene rings is 1. The molecule has 3 aromatic rings. The minimum atomic E-state index is -0.315. The van der Waals surface area contributed by atoms with Crippen LogP contribution in [0.25, 0.3) is 11.0 Å². The molecule has 0 unspecified atom stereocenters. The van der Waals surface area contributed by atoms with Crippen molar-refractivity contribution in [3.63, 3.8) is 0 Å². The first-order chi connectivity index (χ1) is 12.9. The molecule has 27 heavy (non-hydrogen) atoms. The molecule has 2 heterocycles. The molecule has 1 aromatic carbocycles. The van der Waals surface area contributed by atoms with Crippen LogP contribution in [0.4, 0.5) is 4.39 Å². The lowest BCUT2D eigenvalue weighted by Gasteiger charge is -2.21. The van der Waals surface area contributed by atoms with Crippen LogP contribution in [0.15, 0.2) is 30.6 Å². The number of carbonyl (C=O) groups is 1. The summed E-state index contributed by atoms with van der Waals surface area (Å²) < 4.78 is 15.8. The molecule has 2 aromatic heterocycles. The van der Waals surface area contributed by atoms with Gasteiger partial charge in [-0.25, -0.2) is 14.4 Å². The summed E-state index contributed by atoms with van der Waals surface area (Å²) in [5.41, 5.74) is 2.52. The van der Waals surface area contributed by atoms with E-state index >= 15 is 0 Å². The van der Waals surface area contributed by atoms with Gasteiger partial charge in [-0.05, 0) is 51.7 Å². The Morgan fingerprint density at radius 1 is 1.26 bits per heavy atom. The van der Waals surface area contributed by atoms with Crippen LogP contribution in [0, 0.1) is 18.7 Å². The molecule has 1 fully saturated rings. The van der Waals surface area contributed by atoms with E-state index in [1.807, 2.05) is 6.92 Å². The first kappa shape index (κ1) is 17.6. The summed E-state index contributed by atoms with van der Waals surface area (Å²) in [7, 11) is 0. The summed E-state index contributed by atoms with van der Waals surface area (Å²) in [6.07, 6.45) is 5.11. The first-order valence-corrected chi connectivity index (χ1v) is 9.21. The number of nitrogens with one attached hydrogen (secondary N) is 1. The van der Waals surface area contributed by atoms with Crippen molar-refractivity contribution in [1.82, 2.24) is 24.8 Å². The number of aromatic nitrogens is 4. The second kappa shape index (κ2) is 6.72. The molecule has 1 N–H and O–H groups in total. The van der Waals surface area contributed by atoms with Crippen molar-refractivity contribution < 1.29 is 9.18 Å². The summed E-state index contributed by atoms with van der Waals surface area (Å²) in [5.74, 6) is 0.505. The molecular formula is C20H22FN5O. The molecule has 0 bridgehead atoms. The van der Waals surface area contributed by atoms with Crippen LogP contribution in [0.3, 0.4) is 0 Å². The summed E-state index contributed by atoms with van der Waals surface area (Å²) in [6.45, 7) is 5.95. The van der Waals surface area contributed by atoms with Gasteiger partial charge in [-0.15, -0.1) is 0 Å². The van der Waals surface area contributed by atoms with Gasteiger partial charge < -0.3 is 9.88 Å². The molecule has 6 nitrogen and oxygen atoms in total. The van der Waals surface area contributed by atoms with Crippen LogP contribution in [-0.2, 0) is 0 Å². The zero-order valence-corrected chi connectivity index (χ0v) is 15.6. The zero-order valence-electron chi connectivity index (χ0n) is 15.6. The number of fused-ring (bicyclic) bond motifs is 1. The number of rotatable bonds is 5. The summed E-state index contributed by atoms with van der Waals surface area (Å²) in [4.78, 5) is 25.7. The lowest BCUT2D eigenvalue weighted by molar-refractivity contribution is 0.0923. The molecule has 1 aliphatic rings. The quantitative estimate of drug-likeness (QED) is 0.746. The van der Waals surface area contributed by atoms with Crippen LogP contribution >= 0.6 is 0 Å². The van der Waals surface area contributed by atoms with E-state index in [-0.39, 0.29) is 29.5 Å². The highest BCUT2D eigenvalue weighted by Gasteiger charge is 2.37. The van der Waals surface area contributed by atoms with Gasteiger partial charge in [0, 0.05) is 18.3 Å². The van der Waals surface area contributed by atoms with Crippen molar-refractivity contribution in [2.45, 2.75) is 45.7 Å². The molecule has 1 aliphatic carbocycles. The molecule has 1 amide bonds. The fourth-order valence-electron chi connectivity index (χ4n) is 3.40. The van der Waals surface area contributed by atoms with Crippen LogP contribution in [0.1, 0.15) is 60.8 Å². The Bertz CT molecular complexity index is 992. The second-order valence-corrected chi connectivity index (χ2v) is 7.40. The van der Waals surface area contributed by atoms with E-state index in [1.54, 1.807) is 12.3 Å². The zero-order chi connectivity index (χ0) is 19.1. The minimum Gasteiger partial charge on any atom is -0.340 e. The highest BCUT2D eigenvalue weighted by molar-refractivity contribution is 5.92. The Hall–Kier alpha value is -2.83. The van der Waals surface area contributed by atoms with E-state index in [1.165, 1.54) is 18.3 Å². The predicted molar refractivity (Wildman–Crippen MR) is 99.8 cm³/mol. The molecule has 0 saturated heterocycles. The minimum absolute atomic E-state index is 0.132. The molecule has 1 atom stereocenters. The van der Waals surface area contributed by atoms with E-state index in [2.05, 4.69) is 38.7 Å². The second-order valence-electron chi connectivity index (χ2n) is 7.40. The van der Waals surface area contributed by atoms with Gasteiger partial charge in [-0.1, -0.05) is 0 Å². The van der Waals surface area contributed by atoms with E-state index in [0.717, 1.165) is 29.9 Å². The van der Waals surface area contributed by atoms with Gasteiger partial charge in [0.1, 0.15) is 17.3 Å². The Balaban J connectivity index is 1.73. The standard InChI is InChI=1S/C20H22FN5O/c1-11(2)26-17-7-6-14(21)8-15(17)24-19(26)18(13-4-5-13)25-20(27)16-10-22-12(3)9-23-16/h6-11,13,18H,4-5H2,1-3H3,(H,25,27)/t18-/m0/s1. The summed E-state index contributed by atoms with van der Waals surface area (Å²) >= 11 is 0. The third-order valence-electron chi connectivity index (χ3n) is 4.87. The van der Waals surface area contributed by atoms with E-state index in [9.17, 15) is 9.18 Å². The van der Waals surface area contributed by atoms with Gasteiger partial charge in [0.2, 0.25) is 0 Å². The van der Waals surface area contributed by atoms with Crippen LogP contribution in [-0.4, -0.2) is 25.4 Å². The number of imidazole rings is 1. The van der Waals surface area contributed by atoms with Crippen molar-refractivity contribution in [2.24, 2.45) is 5.92 Å². The predicted octanol–water partition coefficient (Wildman–Crippen LogP) is 3.74. The molecular weight excluding hydrogens is 345 g/mol. The highest BCUT2D eigenvalue weighted by Crippen LogP contribution is 2.42. The Morgan fingerprint density at radius 2 is 2.04 bits per heavy atom. The van der Waals surface area contributed by atoms with E-state index in [0.29, 0.717) is 11.4 Å². The number of hydrogen-bond donors (Lipinski definition) is 1. The molecule has 7 heteroatoms. The molecule has 4 rings (SSSR count). The Labute approximate surface area is 156 Å². The maximum absolute atomic E-state index is 13.7. The first-order valence-electron chi connectivity index (χ1n) is 9.21. The lowest BCUT2D eigenvalue weighted by Crippen LogP contribution is -2.32. The lowest BCUT2D eigenvalue weighted by atomic mass is 10.1. The van der Waals surface area contributed by atoms with Gasteiger partial charge >= 0.3 is 0 Å². The maximum atomic E-state index is 13.7. The number of nitrogens with zero attached hydrogens (tertiary/aromatic N) is 4. The van der Waals surface area contributed by atoms with Gasteiger partial charge in [-0.2, -0.15) is 0 Å². The van der Waals surface area contributed by atoms with Gasteiger partial charge in [0.15, 0.2) is 0 Å². The SMILES string of the molecule is Cc1cnc(C(=O)N[C@H](c2nc3cc(F)ccc3n2C(C)C)C2CC2)cn1. The topological polar surface area (TPSA) is 72.7 Å². The molecule has 0 radical (unpaired) electrons.